The molecule has 90 valence electrons. The Hall–Kier alpha value is -0.630. The molecule has 0 aliphatic heterocycles. The molecule has 2 rings (SSSR count). The Labute approximate surface area is 98.1 Å². The number of carbonyl (C=O) groups excluding carboxylic acids is 1. The predicted octanol–water partition coefficient (Wildman–Crippen LogP) is 3.12. The van der Waals surface area contributed by atoms with Gasteiger partial charge in [-0.2, -0.15) is 0 Å². The summed E-state index contributed by atoms with van der Waals surface area (Å²) in [4.78, 5) is 12.1. The minimum absolute atomic E-state index is 0.0869. The van der Waals surface area contributed by atoms with Crippen molar-refractivity contribution in [3.63, 3.8) is 0 Å². The third-order valence-corrected chi connectivity index (χ3v) is 5.02. The molecule has 0 aromatic rings. The average molecular weight is 222 g/mol. The number of fused-ring (bicyclic) bond motifs is 1. The van der Waals surface area contributed by atoms with Gasteiger partial charge in [0, 0.05) is 19.4 Å². The normalized spacial score (nSPS) is 39.9. The maximum atomic E-state index is 12.1. The number of methoxy groups -OCH3 is 1. The highest BCUT2D eigenvalue weighted by molar-refractivity contribution is 5.82. The Bertz CT molecular complexity index is 343. The first-order valence-corrected chi connectivity index (χ1v) is 6.26. The number of carbonyl (C=O) groups is 1. The molecule has 0 unspecified atom stereocenters. The van der Waals surface area contributed by atoms with Crippen molar-refractivity contribution in [2.24, 2.45) is 11.3 Å². The Kier molecular flexibility index (Phi) is 2.95. The van der Waals surface area contributed by atoms with E-state index in [9.17, 15) is 4.79 Å². The van der Waals surface area contributed by atoms with E-state index in [1.807, 2.05) is 0 Å². The van der Waals surface area contributed by atoms with Crippen LogP contribution in [0.15, 0.2) is 11.1 Å². The average Bonchev–Trinajstić information content (AvgIpc) is 2.59. The first-order chi connectivity index (χ1) is 7.50. The Morgan fingerprint density at radius 1 is 1.38 bits per heavy atom. The maximum Gasteiger partial charge on any atom is 0.136 e. The smallest absolute Gasteiger partial charge is 0.136 e. The summed E-state index contributed by atoms with van der Waals surface area (Å²) in [6.45, 7) is 6.54. The molecule has 16 heavy (non-hydrogen) atoms. The van der Waals surface area contributed by atoms with Crippen LogP contribution in [0, 0.1) is 11.3 Å². The number of hydrogen-bond donors (Lipinski definition) is 0. The van der Waals surface area contributed by atoms with Gasteiger partial charge in [-0.15, -0.1) is 0 Å². The molecule has 2 bridgehead atoms. The van der Waals surface area contributed by atoms with Crippen LogP contribution in [-0.4, -0.2) is 19.0 Å². The molecule has 0 aromatic heterocycles. The summed E-state index contributed by atoms with van der Waals surface area (Å²) < 4.78 is 5.55. The van der Waals surface area contributed by atoms with E-state index < -0.39 is 0 Å². The lowest BCUT2D eigenvalue weighted by Gasteiger charge is -2.34. The van der Waals surface area contributed by atoms with Gasteiger partial charge in [0.05, 0.1) is 6.10 Å². The van der Waals surface area contributed by atoms with E-state index in [-0.39, 0.29) is 17.4 Å². The summed E-state index contributed by atoms with van der Waals surface area (Å²) in [6, 6.07) is 0. The van der Waals surface area contributed by atoms with Crippen molar-refractivity contribution in [3.8, 4) is 0 Å². The van der Waals surface area contributed by atoms with E-state index >= 15 is 0 Å². The van der Waals surface area contributed by atoms with Crippen LogP contribution in [0.1, 0.15) is 46.5 Å². The van der Waals surface area contributed by atoms with Crippen LogP contribution in [-0.2, 0) is 9.53 Å². The first-order valence-electron chi connectivity index (χ1n) is 6.26. The number of ether oxygens (including phenoxy) is 1. The zero-order valence-electron chi connectivity index (χ0n) is 10.8. The molecular formula is C14H22O2. The molecule has 2 aliphatic rings. The van der Waals surface area contributed by atoms with Crippen molar-refractivity contribution in [1.82, 2.24) is 0 Å². The van der Waals surface area contributed by atoms with Gasteiger partial charge in [0.15, 0.2) is 0 Å². The highest BCUT2D eigenvalue weighted by atomic mass is 16.5. The van der Waals surface area contributed by atoms with Crippen LogP contribution in [0.4, 0.5) is 0 Å². The van der Waals surface area contributed by atoms with Crippen molar-refractivity contribution < 1.29 is 9.53 Å². The predicted molar refractivity (Wildman–Crippen MR) is 64.2 cm³/mol. The highest BCUT2D eigenvalue weighted by Crippen LogP contribution is 2.51. The zero-order valence-corrected chi connectivity index (χ0v) is 10.8. The molecule has 0 radical (unpaired) electrons. The fraction of sp³-hybridized carbons (Fsp3) is 0.786. The van der Waals surface area contributed by atoms with Gasteiger partial charge in [0.25, 0.3) is 0 Å². The van der Waals surface area contributed by atoms with Gasteiger partial charge in [-0.25, -0.2) is 0 Å². The molecule has 2 aliphatic carbocycles. The van der Waals surface area contributed by atoms with Crippen LogP contribution in [0.5, 0.6) is 0 Å². The summed E-state index contributed by atoms with van der Waals surface area (Å²) in [6.07, 6.45) is 3.94. The topological polar surface area (TPSA) is 26.3 Å². The monoisotopic (exact) mass is 222 g/mol. The molecule has 0 spiro atoms. The van der Waals surface area contributed by atoms with E-state index in [0.717, 1.165) is 19.3 Å². The second-order valence-corrected chi connectivity index (χ2v) is 5.52. The van der Waals surface area contributed by atoms with Crippen LogP contribution >= 0.6 is 0 Å². The molecule has 0 aromatic carbocycles. The van der Waals surface area contributed by atoms with Gasteiger partial charge in [0.1, 0.15) is 5.78 Å². The zero-order chi connectivity index (χ0) is 11.9. The third kappa shape index (κ3) is 1.55. The van der Waals surface area contributed by atoms with E-state index in [4.69, 9.17) is 4.74 Å². The molecule has 0 fully saturated rings. The summed E-state index contributed by atoms with van der Waals surface area (Å²) in [7, 11) is 1.76. The van der Waals surface area contributed by atoms with Crippen LogP contribution in [0.3, 0.4) is 0 Å². The molecule has 2 nitrogen and oxygen atoms in total. The minimum Gasteiger partial charge on any atom is -0.377 e. The largest absolute Gasteiger partial charge is 0.377 e. The Morgan fingerprint density at radius 2 is 2.06 bits per heavy atom. The fourth-order valence-electron chi connectivity index (χ4n) is 3.36. The molecule has 3 atom stereocenters. The van der Waals surface area contributed by atoms with Crippen molar-refractivity contribution in [1.29, 1.82) is 0 Å². The van der Waals surface area contributed by atoms with E-state index in [1.54, 1.807) is 7.11 Å². The summed E-state index contributed by atoms with van der Waals surface area (Å²) >= 11 is 0. The summed E-state index contributed by atoms with van der Waals surface area (Å²) in [5.74, 6) is 0.577. The molecular weight excluding hydrogens is 200 g/mol. The highest BCUT2D eigenvalue weighted by Gasteiger charge is 2.44. The summed E-state index contributed by atoms with van der Waals surface area (Å²) in [5, 5.41) is 0. The fourth-order valence-corrected chi connectivity index (χ4v) is 3.36. The lowest BCUT2D eigenvalue weighted by Crippen LogP contribution is -2.33. The molecule has 0 N–H and O–H groups in total. The van der Waals surface area contributed by atoms with Crippen molar-refractivity contribution in [2.45, 2.75) is 52.6 Å². The quantitative estimate of drug-likeness (QED) is 0.637. The van der Waals surface area contributed by atoms with Gasteiger partial charge in [-0.3, -0.25) is 4.79 Å². The van der Waals surface area contributed by atoms with Crippen molar-refractivity contribution in [2.75, 3.05) is 7.11 Å². The van der Waals surface area contributed by atoms with Crippen LogP contribution in [0.25, 0.3) is 0 Å². The maximum absolute atomic E-state index is 12.1. The Morgan fingerprint density at radius 3 is 2.69 bits per heavy atom. The lowest BCUT2D eigenvalue weighted by molar-refractivity contribution is -0.125. The molecule has 2 heteroatoms. The minimum atomic E-state index is 0.0869. The van der Waals surface area contributed by atoms with E-state index in [0.29, 0.717) is 12.2 Å². The second-order valence-electron chi connectivity index (χ2n) is 5.52. The number of hydrogen-bond acceptors (Lipinski definition) is 2. The van der Waals surface area contributed by atoms with E-state index in [1.165, 1.54) is 11.1 Å². The third-order valence-electron chi connectivity index (χ3n) is 5.02. The number of ketones is 1. The van der Waals surface area contributed by atoms with Crippen LogP contribution < -0.4 is 0 Å². The van der Waals surface area contributed by atoms with Crippen molar-refractivity contribution in [3.05, 3.63) is 11.1 Å². The summed E-state index contributed by atoms with van der Waals surface area (Å²) in [5.41, 5.74) is 2.97. The van der Waals surface area contributed by atoms with E-state index in [2.05, 4.69) is 20.8 Å². The molecule has 0 saturated heterocycles. The van der Waals surface area contributed by atoms with Gasteiger partial charge < -0.3 is 4.74 Å². The number of allylic oxidation sites excluding steroid dienone is 1. The van der Waals surface area contributed by atoms with Gasteiger partial charge in [0.2, 0.25) is 0 Å². The molecule has 0 amide bonds. The second kappa shape index (κ2) is 3.99. The SMILES string of the molecule is CO[C@@H]1CCC(=O)[C@@H](C)[C@@]2(C)CCC1=C2C. The standard InChI is InChI=1S/C14H22O2/c1-9-11-7-8-14(9,3)10(2)12(15)5-6-13(11)16-4/h10,13H,5-8H2,1-4H3/t10-,13-,14+/m1/s1. The van der Waals surface area contributed by atoms with Crippen LogP contribution in [0.2, 0.25) is 0 Å². The number of rotatable bonds is 1. The number of Topliss-reactive ketones (excluding diaryl/α,β-unsaturated/α-hetero) is 1. The molecule has 0 heterocycles. The Balaban J connectivity index is 2.44. The lowest BCUT2D eigenvalue weighted by atomic mass is 9.69. The van der Waals surface area contributed by atoms with Gasteiger partial charge >= 0.3 is 0 Å². The van der Waals surface area contributed by atoms with Gasteiger partial charge in [-0.05, 0) is 37.2 Å². The van der Waals surface area contributed by atoms with Crippen molar-refractivity contribution >= 4 is 5.78 Å². The first kappa shape index (κ1) is 11.8. The van der Waals surface area contributed by atoms with Gasteiger partial charge in [-0.1, -0.05) is 19.4 Å². The molecule has 0 saturated carbocycles.